The molecule has 0 fully saturated rings. The van der Waals surface area contributed by atoms with Crippen molar-refractivity contribution < 1.29 is 13.9 Å². The van der Waals surface area contributed by atoms with E-state index >= 15 is 0 Å². The Morgan fingerprint density at radius 3 is 2.18 bits per heavy atom. The van der Waals surface area contributed by atoms with Gasteiger partial charge in [0.05, 0.1) is 0 Å². The highest BCUT2D eigenvalue weighted by Gasteiger charge is 2.34. The number of ether oxygens (including phenoxy) is 1. The molecule has 0 radical (unpaired) electrons. The maximum absolute atomic E-state index is 14.6. The van der Waals surface area contributed by atoms with Crippen LogP contribution >= 0.6 is 0 Å². The number of hydrogen-bond acceptors (Lipinski definition) is 4. The summed E-state index contributed by atoms with van der Waals surface area (Å²) in [4.78, 5) is 21.5. The number of aryl methyl sites for hydroxylation is 1. The third-order valence-corrected chi connectivity index (χ3v) is 5.99. The highest BCUT2D eigenvalue weighted by atomic mass is 19.1. The van der Waals surface area contributed by atoms with Crippen LogP contribution in [-0.4, -0.2) is 21.6 Å². The number of carbonyl (C=O) groups is 1. The van der Waals surface area contributed by atoms with E-state index in [1.165, 1.54) is 26.2 Å². The van der Waals surface area contributed by atoms with E-state index in [0.717, 1.165) is 41.5 Å². The van der Waals surface area contributed by atoms with Gasteiger partial charge < -0.3 is 4.74 Å². The number of benzene rings is 2. The van der Waals surface area contributed by atoms with Crippen LogP contribution in [0.2, 0.25) is 0 Å². The summed E-state index contributed by atoms with van der Waals surface area (Å²) < 4.78 is 19.9. The van der Waals surface area contributed by atoms with Gasteiger partial charge in [-0.1, -0.05) is 75.9 Å². The van der Waals surface area contributed by atoms with Gasteiger partial charge in [0.2, 0.25) is 5.67 Å². The van der Waals surface area contributed by atoms with Crippen molar-refractivity contribution in [3.8, 4) is 28.3 Å². The van der Waals surface area contributed by atoms with Gasteiger partial charge in [0, 0.05) is 18.0 Å². The number of aromatic nitrogens is 2. The summed E-state index contributed by atoms with van der Waals surface area (Å²) in [5, 5.41) is 0. The third kappa shape index (κ3) is 6.96. The van der Waals surface area contributed by atoms with Gasteiger partial charge in [0.15, 0.2) is 5.82 Å². The summed E-state index contributed by atoms with van der Waals surface area (Å²) in [6.07, 6.45) is 11.3. The van der Waals surface area contributed by atoms with Crippen molar-refractivity contribution in [3.63, 3.8) is 0 Å². The Labute approximate surface area is 202 Å². The van der Waals surface area contributed by atoms with Gasteiger partial charge in [-0.25, -0.2) is 19.2 Å². The quantitative estimate of drug-likeness (QED) is 0.157. The predicted molar refractivity (Wildman–Crippen MR) is 135 cm³/mol. The standard InChI is InChI=1S/C29H35FN2O2/c1-4-6-8-9-12-22-20-31-27(32-21-22)26-14-11-10-13-25(26)23-15-17-24(18-16-23)34-28(33)29(3,30)19-7-5-2/h10-11,13-18,20-21H,4-9,12,19H2,1-3H3. The van der Waals surface area contributed by atoms with Crippen molar-refractivity contribution in [3.05, 3.63) is 66.5 Å². The summed E-state index contributed by atoms with van der Waals surface area (Å²) >= 11 is 0. The topological polar surface area (TPSA) is 52.1 Å². The molecule has 0 amide bonds. The monoisotopic (exact) mass is 462 g/mol. The minimum atomic E-state index is -1.99. The van der Waals surface area contributed by atoms with E-state index in [4.69, 9.17) is 4.74 Å². The molecule has 1 aromatic heterocycles. The molecule has 0 saturated carbocycles. The fourth-order valence-corrected chi connectivity index (χ4v) is 3.84. The molecule has 0 saturated heterocycles. The van der Waals surface area contributed by atoms with E-state index in [0.29, 0.717) is 18.0 Å². The number of unbranched alkanes of at least 4 members (excludes halogenated alkanes) is 4. The number of carbonyl (C=O) groups excluding carboxylic acids is 1. The lowest BCUT2D eigenvalue weighted by Crippen LogP contribution is -2.34. The number of esters is 1. The minimum absolute atomic E-state index is 0.158. The predicted octanol–water partition coefficient (Wildman–Crippen LogP) is 7.76. The van der Waals surface area contributed by atoms with Gasteiger partial charge in [-0.15, -0.1) is 0 Å². The van der Waals surface area contributed by atoms with Crippen LogP contribution in [0.15, 0.2) is 60.9 Å². The van der Waals surface area contributed by atoms with Gasteiger partial charge in [-0.2, -0.15) is 0 Å². The van der Waals surface area contributed by atoms with Crippen LogP contribution in [-0.2, 0) is 11.2 Å². The molecular weight excluding hydrogens is 427 g/mol. The molecule has 0 bridgehead atoms. The van der Waals surface area contributed by atoms with Crippen molar-refractivity contribution in [2.45, 2.75) is 77.8 Å². The summed E-state index contributed by atoms with van der Waals surface area (Å²) in [6.45, 7) is 5.46. The van der Waals surface area contributed by atoms with Gasteiger partial charge >= 0.3 is 5.97 Å². The molecule has 180 valence electrons. The lowest BCUT2D eigenvalue weighted by Gasteiger charge is -2.18. The Bertz CT molecular complexity index is 1050. The zero-order chi connectivity index (χ0) is 24.4. The van der Waals surface area contributed by atoms with Crippen LogP contribution < -0.4 is 4.74 Å². The van der Waals surface area contributed by atoms with Crippen LogP contribution in [0.25, 0.3) is 22.5 Å². The molecule has 4 nitrogen and oxygen atoms in total. The molecule has 0 aliphatic carbocycles. The Morgan fingerprint density at radius 2 is 1.53 bits per heavy atom. The molecule has 2 aromatic carbocycles. The first-order valence-corrected chi connectivity index (χ1v) is 12.4. The first kappa shape index (κ1) is 25.5. The number of halogens is 1. The van der Waals surface area contributed by atoms with Gasteiger partial charge in [0.1, 0.15) is 5.75 Å². The fourth-order valence-electron chi connectivity index (χ4n) is 3.84. The Hall–Kier alpha value is -3.08. The van der Waals surface area contributed by atoms with Gasteiger partial charge in [-0.05, 0) is 61.4 Å². The largest absolute Gasteiger partial charge is 0.424 e. The molecule has 1 heterocycles. The van der Waals surface area contributed by atoms with E-state index in [1.54, 1.807) is 12.1 Å². The molecule has 1 atom stereocenters. The Balaban J connectivity index is 1.72. The van der Waals surface area contributed by atoms with Gasteiger partial charge in [-0.3, -0.25) is 0 Å². The first-order chi connectivity index (χ1) is 16.4. The lowest BCUT2D eigenvalue weighted by atomic mass is 9.99. The van der Waals surface area contributed by atoms with Crippen LogP contribution in [0.3, 0.4) is 0 Å². The van der Waals surface area contributed by atoms with Crippen molar-refractivity contribution in [2.24, 2.45) is 0 Å². The summed E-state index contributed by atoms with van der Waals surface area (Å²) in [6, 6.07) is 15.1. The second kappa shape index (κ2) is 12.4. The number of hydrogen-bond donors (Lipinski definition) is 0. The second-order valence-electron chi connectivity index (χ2n) is 8.99. The first-order valence-electron chi connectivity index (χ1n) is 12.4. The fraction of sp³-hybridized carbons (Fsp3) is 0.414. The Morgan fingerprint density at radius 1 is 0.882 bits per heavy atom. The van der Waals surface area contributed by atoms with Crippen molar-refractivity contribution >= 4 is 5.97 Å². The van der Waals surface area contributed by atoms with Crippen molar-refractivity contribution in [1.82, 2.24) is 9.97 Å². The maximum atomic E-state index is 14.6. The summed E-state index contributed by atoms with van der Waals surface area (Å²) in [5.41, 5.74) is 2.02. The SMILES string of the molecule is CCCCCCc1cnc(-c2ccccc2-c2ccc(OC(=O)C(C)(F)CCCC)cc2)nc1. The average Bonchev–Trinajstić information content (AvgIpc) is 2.86. The molecule has 3 rings (SSSR count). The molecule has 0 N–H and O–H groups in total. The molecule has 34 heavy (non-hydrogen) atoms. The highest BCUT2D eigenvalue weighted by molar-refractivity contribution is 5.82. The van der Waals surface area contributed by atoms with Crippen LogP contribution in [0.1, 0.15) is 71.3 Å². The molecule has 0 aliphatic heterocycles. The second-order valence-corrected chi connectivity index (χ2v) is 8.99. The average molecular weight is 463 g/mol. The van der Waals surface area contributed by atoms with Gasteiger partial charge in [0.25, 0.3) is 0 Å². The highest BCUT2D eigenvalue weighted by Crippen LogP contribution is 2.31. The molecule has 3 aromatic rings. The number of alkyl halides is 1. The summed E-state index contributed by atoms with van der Waals surface area (Å²) in [7, 11) is 0. The van der Waals surface area contributed by atoms with E-state index in [2.05, 4.69) is 16.9 Å². The number of nitrogens with zero attached hydrogens (tertiary/aromatic N) is 2. The number of rotatable bonds is 12. The van der Waals surface area contributed by atoms with Crippen molar-refractivity contribution in [2.75, 3.05) is 0 Å². The zero-order valence-electron chi connectivity index (χ0n) is 20.5. The van der Waals surface area contributed by atoms with Crippen LogP contribution in [0.4, 0.5) is 4.39 Å². The smallest absolute Gasteiger partial charge is 0.348 e. The van der Waals surface area contributed by atoms with E-state index in [1.807, 2.05) is 55.7 Å². The van der Waals surface area contributed by atoms with E-state index in [-0.39, 0.29) is 6.42 Å². The summed E-state index contributed by atoms with van der Waals surface area (Å²) in [5.74, 6) is 0.153. The van der Waals surface area contributed by atoms with E-state index < -0.39 is 11.6 Å². The minimum Gasteiger partial charge on any atom is -0.424 e. The van der Waals surface area contributed by atoms with Crippen LogP contribution in [0, 0.1) is 0 Å². The molecular formula is C29H35FN2O2. The van der Waals surface area contributed by atoms with Crippen LogP contribution in [0.5, 0.6) is 5.75 Å². The van der Waals surface area contributed by atoms with Crippen molar-refractivity contribution in [1.29, 1.82) is 0 Å². The molecule has 5 heteroatoms. The zero-order valence-corrected chi connectivity index (χ0v) is 20.5. The molecule has 1 unspecified atom stereocenters. The molecule has 0 spiro atoms. The molecule has 0 aliphatic rings. The Kier molecular flexibility index (Phi) is 9.32. The third-order valence-electron chi connectivity index (χ3n) is 5.99. The van der Waals surface area contributed by atoms with E-state index in [9.17, 15) is 9.18 Å². The lowest BCUT2D eigenvalue weighted by molar-refractivity contribution is -0.147. The maximum Gasteiger partial charge on any atom is 0.348 e. The normalized spacial score (nSPS) is 12.8.